The summed E-state index contributed by atoms with van der Waals surface area (Å²) < 4.78 is 10.9. The minimum absolute atomic E-state index is 0.0161. The second-order valence-electron chi connectivity index (χ2n) is 6.62. The van der Waals surface area contributed by atoms with Crippen LogP contribution in [0.2, 0.25) is 0 Å². The zero-order valence-corrected chi connectivity index (χ0v) is 15.6. The molecular weight excluding hydrogens is 354 g/mol. The molecule has 1 amide bonds. The summed E-state index contributed by atoms with van der Waals surface area (Å²) in [4.78, 5) is 22.9. The van der Waals surface area contributed by atoms with Crippen molar-refractivity contribution in [2.75, 3.05) is 20.2 Å². The molecule has 1 aliphatic rings. The molecule has 1 aliphatic heterocycles. The average Bonchev–Trinajstić information content (AvgIpc) is 3.22. The molecule has 0 spiro atoms. The van der Waals surface area contributed by atoms with Crippen LogP contribution >= 0.6 is 0 Å². The molecule has 6 nitrogen and oxygen atoms in total. The van der Waals surface area contributed by atoms with E-state index >= 15 is 0 Å². The minimum Gasteiger partial charge on any atom is -0.480 e. The molecule has 6 heteroatoms. The van der Waals surface area contributed by atoms with E-state index in [9.17, 15) is 4.79 Å². The van der Waals surface area contributed by atoms with Gasteiger partial charge in [-0.1, -0.05) is 42.5 Å². The van der Waals surface area contributed by atoms with Crippen LogP contribution in [0.15, 0.2) is 67.0 Å². The van der Waals surface area contributed by atoms with Crippen molar-refractivity contribution >= 4 is 5.91 Å². The van der Waals surface area contributed by atoms with Gasteiger partial charge in [0.05, 0.1) is 26.0 Å². The monoisotopic (exact) mass is 375 g/mol. The number of methoxy groups -OCH3 is 1. The molecule has 0 radical (unpaired) electrons. The van der Waals surface area contributed by atoms with Gasteiger partial charge in [0.2, 0.25) is 11.8 Å². The first kappa shape index (κ1) is 18.0. The Balaban J connectivity index is 1.39. The number of hydrogen-bond donors (Lipinski definition) is 0. The van der Waals surface area contributed by atoms with Crippen molar-refractivity contribution in [3.05, 3.63) is 72.6 Å². The van der Waals surface area contributed by atoms with Crippen LogP contribution in [-0.2, 0) is 0 Å². The van der Waals surface area contributed by atoms with Gasteiger partial charge in [-0.3, -0.25) is 9.78 Å². The van der Waals surface area contributed by atoms with Crippen LogP contribution in [0.4, 0.5) is 0 Å². The normalized spacial score (nSPS) is 16.0. The van der Waals surface area contributed by atoms with Gasteiger partial charge >= 0.3 is 0 Å². The van der Waals surface area contributed by atoms with E-state index in [0.717, 1.165) is 17.5 Å². The lowest BCUT2D eigenvalue weighted by molar-refractivity contribution is 0.0771. The smallest absolute Gasteiger partial charge is 0.253 e. The quantitative estimate of drug-likeness (QED) is 0.683. The van der Waals surface area contributed by atoms with Crippen molar-refractivity contribution in [1.29, 1.82) is 0 Å². The number of hydrogen-bond acceptors (Lipinski definition) is 5. The Labute approximate surface area is 163 Å². The maximum absolute atomic E-state index is 12.8. The highest BCUT2D eigenvalue weighted by molar-refractivity contribution is 5.95. The molecule has 0 saturated carbocycles. The van der Waals surface area contributed by atoms with Gasteiger partial charge in [-0.2, -0.15) is 4.98 Å². The third-order valence-electron chi connectivity index (χ3n) is 4.76. The van der Waals surface area contributed by atoms with Gasteiger partial charge in [0, 0.05) is 18.5 Å². The summed E-state index contributed by atoms with van der Waals surface area (Å²) in [6.45, 7) is 1.18. The number of ether oxygens (including phenoxy) is 2. The fourth-order valence-electron chi connectivity index (χ4n) is 3.28. The van der Waals surface area contributed by atoms with Gasteiger partial charge in [0.15, 0.2) is 0 Å². The second kappa shape index (κ2) is 8.08. The Morgan fingerprint density at radius 2 is 1.71 bits per heavy atom. The number of carbonyl (C=O) groups is 1. The Bertz CT molecular complexity index is 945. The van der Waals surface area contributed by atoms with Crippen LogP contribution in [0.3, 0.4) is 0 Å². The number of carbonyl (C=O) groups excluding carboxylic acids is 1. The third-order valence-corrected chi connectivity index (χ3v) is 4.76. The molecule has 1 fully saturated rings. The molecule has 1 atom stereocenters. The van der Waals surface area contributed by atoms with E-state index in [4.69, 9.17) is 9.47 Å². The van der Waals surface area contributed by atoms with Crippen LogP contribution < -0.4 is 9.47 Å². The summed E-state index contributed by atoms with van der Waals surface area (Å²) in [6, 6.07) is 17.8. The van der Waals surface area contributed by atoms with Gasteiger partial charge in [0.25, 0.3) is 5.91 Å². The maximum atomic E-state index is 12.8. The van der Waals surface area contributed by atoms with Crippen molar-refractivity contribution < 1.29 is 14.3 Å². The molecule has 1 unspecified atom stereocenters. The average molecular weight is 375 g/mol. The lowest BCUT2D eigenvalue weighted by Crippen LogP contribution is -2.31. The third kappa shape index (κ3) is 3.96. The van der Waals surface area contributed by atoms with E-state index in [1.165, 1.54) is 13.3 Å². The Morgan fingerprint density at radius 1 is 1.00 bits per heavy atom. The molecule has 0 bridgehead atoms. The highest BCUT2D eigenvalue weighted by Gasteiger charge is 2.28. The maximum Gasteiger partial charge on any atom is 0.253 e. The molecule has 1 aromatic heterocycles. The predicted octanol–water partition coefficient (Wildman–Crippen LogP) is 3.45. The standard InChI is InChI=1S/C22H21N3O3/c1-27-20-13-23-14-21(24-20)28-19-11-12-25(15-19)22(26)18-9-7-17(8-10-18)16-5-3-2-4-6-16/h2-10,13-14,19H,11-12,15H2,1H3. The Kier molecular flexibility index (Phi) is 5.19. The number of amides is 1. The lowest BCUT2D eigenvalue weighted by atomic mass is 10.0. The molecule has 0 aliphatic carbocycles. The topological polar surface area (TPSA) is 64.6 Å². The molecule has 0 N–H and O–H groups in total. The Morgan fingerprint density at radius 3 is 2.46 bits per heavy atom. The van der Waals surface area contributed by atoms with Gasteiger partial charge in [-0.25, -0.2) is 0 Å². The van der Waals surface area contributed by atoms with E-state index in [-0.39, 0.29) is 12.0 Å². The van der Waals surface area contributed by atoms with Gasteiger partial charge in [0.1, 0.15) is 6.10 Å². The first-order chi connectivity index (χ1) is 13.7. The fourth-order valence-corrected chi connectivity index (χ4v) is 3.28. The molecule has 2 aromatic carbocycles. The lowest BCUT2D eigenvalue weighted by Gasteiger charge is -2.17. The van der Waals surface area contributed by atoms with Crippen LogP contribution in [0.1, 0.15) is 16.8 Å². The highest BCUT2D eigenvalue weighted by atomic mass is 16.5. The SMILES string of the molecule is COc1cncc(OC2CCN(C(=O)c3ccc(-c4ccccc4)cc3)C2)n1. The molecule has 1 saturated heterocycles. The number of nitrogens with zero attached hydrogens (tertiary/aromatic N) is 3. The molecule has 28 heavy (non-hydrogen) atoms. The zero-order valence-electron chi connectivity index (χ0n) is 15.6. The van der Waals surface area contributed by atoms with Crippen LogP contribution in [-0.4, -0.2) is 47.1 Å². The van der Waals surface area contributed by atoms with E-state index in [0.29, 0.717) is 30.4 Å². The van der Waals surface area contributed by atoms with Gasteiger partial charge in [-0.05, 0) is 23.3 Å². The summed E-state index contributed by atoms with van der Waals surface area (Å²) in [5, 5.41) is 0. The van der Waals surface area contributed by atoms with Crippen molar-refractivity contribution in [3.8, 4) is 22.9 Å². The van der Waals surface area contributed by atoms with Crippen LogP contribution in [0, 0.1) is 0 Å². The first-order valence-electron chi connectivity index (χ1n) is 9.20. The van der Waals surface area contributed by atoms with E-state index in [2.05, 4.69) is 22.1 Å². The van der Waals surface area contributed by atoms with Gasteiger partial charge < -0.3 is 14.4 Å². The Hall–Kier alpha value is -3.41. The van der Waals surface area contributed by atoms with Crippen molar-refractivity contribution in [3.63, 3.8) is 0 Å². The molecule has 2 heterocycles. The summed E-state index contributed by atoms with van der Waals surface area (Å²) in [7, 11) is 1.53. The summed E-state index contributed by atoms with van der Waals surface area (Å²) in [6.07, 6.45) is 3.73. The zero-order chi connectivity index (χ0) is 19.3. The number of benzene rings is 2. The van der Waals surface area contributed by atoms with Crippen molar-refractivity contribution in [2.45, 2.75) is 12.5 Å². The highest BCUT2D eigenvalue weighted by Crippen LogP contribution is 2.22. The summed E-state index contributed by atoms with van der Waals surface area (Å²) in [5.41, 5.74) is 2.91. The van der Waals surface area contributed by atoms with E-state index < -0.39 is 0 Å². The van der Waals surface area contributed by atoms with Crippen molar-refractivity contribution in [2.24, 2.45) is 0 Å². The summed E-state index contributed by atoms with van der Waals surface area (Å²) in [5.74, 6) is 0.829. The number of rotatable bonds is 5. The molecule has 142 valence electrons. The number of likely N-dealkylation sites (tertiary alicyclic amines) is 1. The van der Waals surface area contributed by atoms with Crippen LogP contribution in [0.5, 0.6) is 11.8 Å². The molecule has 4 rings (SSSR count). The fraction of sp³-hybridized carbons (Fsp3) is 0.227. The molecule has 3 aromatic rings. The minimum atomic E-state index is -0.103. The van der Waals surface area contributed by atoms with E-state index in [1.54, 1.807) is 6.20 Å². The molecular formula is C22H21N3O3. The van der Waals surface area contributed by atoms with Crippen molar-refractivity contribution in [1.82, 2.24) is 14.9 Å². The van der Waals surface area contributed by atoms with Gasteiger partial charge in [-0.15, -0.1) is 0 Å². The summed E-state index contributed by atoms with van der Waals surface area (Å²) >= 11 is 0. The number of aromatic nitrogens is 2. The first-order valence-corrected chi connectivity index (χ1v) is 9.20. The largest absolute Gasteiger partial charge is 0.480 e. The predicted molar refractivity (Wildman–Crippen MR) is 105 cm³/mol. The van der Waals surface area contributed by atoms with E-state index in [1.807, 2.05) is 47.4 Å². The second-order valence-corrected chi connectivity index (χ2v) is 6.62. The van der Waals surface area contributed by atoms with Crippen LogP contribution in [0.25, 0.3) is 11.1 Å².